The Bertz CT molecular complexity index is 629. The molecule has 0 atom stereocenters. The number of thioether (sulfide) groups is 1. The van der Waals surface area contributed by atoms with Crippen molar-refractivity contribution in [1.82, 2.24) is 30.6 Å². The van der Waals surface area contributed by atoms with E-state index in [0.29, 0.717) is 11.6 Å². The third-order valence-electron chi connectivity index (χ3n) is 2.34. The van der Waals surface area contributed by atoms with Crippen molar-refractivity contribution in [1.29, 1.82) is 0 Å². The Balaban J connectivity index is 1.81. The summed E-state index contributed by atoms with van der Waals surface area (Å²) in [6.07, 6.45) is 0. The highest BCUT2D eigenvalue weighted by Gasteiger charge is 2.05. The summed E-state index contributed by atoms with van der Waals surface area (Å²) in [5.74, 6) is 1.32. The predicted octanol–water partition coefficient (Wildman–Crippen LogP) is 1.68. The van der Waals surface area contributed by atoms with Crippen LogP contribution in [0.15, 0.2) is 23.4 Å². The van der Waals surface area contributed by atoms with Gasteiger partial charge in [-0.05, 0) is 24.6 Å². The summed E-state index contributed by atoms with van der Waals surface area (Å²) in [5, 5.41) is 14.6. The van der Waals surface area contributed by atoms with Crippen LogP contribution in [-0.4, -0.2) is 30.6 Å². The summed E-state index contributed by atoms with van der Waals surface area (Å²) in [7, 11) is 0. The molecule has 7 heteroatoms. The van der Waals surface area contributed by atoms with Gasteiger partial charge in [-0.2, -0.15) is 5.21 Å². The Morgan fingerprint density at radius 1 is 1.35 bits per heavy atom. The standard InChI is InChI=1S/C10H10N6S/c1-6-2-3-7-8(4-6)12-10(11-7)17-5-9-13-15-16-14-9/h2-4H,5H2,1H3,(H,11,12)(H,13,14,15,16). The number of nitrogens with one attached hydrogen (secondary N) is 2. The van der Waals surface area contributed by atoms with Gasteiger partial charge >= 0.3 is 0 Å². The maximum Gasteiger partial charge on any atom is 0.184 e. The highest BCUT2D eigenvalue weighted by molar-refractivity contribution is 7.98. The second-order valence-corrected chi connectivity index (χ2v) is 4.64. The van der Waals surface area contributed by atoms with Gasteiger partial charge in [0.25, 0.3) is 0 Å². The van der Waals surface area contributed by atoms with E-state index in [4.69, 9.17) is 0 Å². The average molecular weight is 246 g/mol. The van der Waals surface area contributed by atoms with E-state index in [9.17, 15) is 0 Å². The molecule has 0 unspecified atom stereocenters. The number of aromatic nitrogens is 6. The fourth-order valence-corrected chi connectivity index (χ4v) is 2.28. The minimum atomic E-state index is 0.648. The van der Waals surface area contributed by atoms with Crippen molar-refractivity contribution in [2.24, 2.45) is 0 Å². The van der Waals surface area contributed by atoms with Gasteiger partial charge in [0.2, 0.25) is 0 Å². The number of tetrazole rings is 1. The van der Waals surface area contributed by atoms with Gasteiger partial charge in [-0.15, -0.1) is 10.2 Å². The number of aryl methyl sites for hydroxylation is 1. The maximum absolute atomic E-state index is 4.47. The second kappa shape index (κ2) is 4.17. The summed E-state index contributed by atoms with van der Waals surface area (Å²) < 4.78 is 0. The van der Waals surface area contributed by atoms with Crippen molar-refractivity contribution in [3.8, 4) is 0 Å². The van der Waals surface area contributed by atoms with Gasteiger partial charge < -0.3 is 4.98 Å². The molecule has 0 saturated heterocycles. The van der Waals surface area contributed by atoms with Gasteiger partial charge in [-0.1, -0.05) is 23.0 Å². The molecule has 0 aliphatic rings. The van der Waals surface area contributed by atoms with Crippen LogP contribution in [0.2, 0.25) is 0 Å². The lowest BCUT2D eigenvalue weighted by Gasteiger charge is -1.90. The molecule has 0 spiro atoms. The zero-order chi connectivity index (χ0) is 11.7. The molecule has 0 aliphatic carbocycles. The van der Waals surface area contributed by atoms with E-state index in [-0.39, 0.29) is 0 Å². The molecule has 3 aromatic rings. The molecule has 17 heavy (non-hydrogen) atoms. The van der Waals surface area contributed by atoms with Crippen LogP contribution in [0.1, 0.15) is 11.4 Å². The zero-order valence-corrected chi connectivity index (χ0v) is 9.95. The van der Waals surface area contributed by atoms with E-state index in [2.05, 4.69) is 49.6 Å². The number of imidazole rings is 1. The van der Waals surface area contributed by atoms with Crippen LogP contribution in [0, 0.1) is 6.92 Å². The summed E-state index contributed by atoms with van der Waals surface area (Å²) in [6, 6.07) is 6.15. The largest absolute Gasteiger partial charge is 0.333 e. The average Bonchev–Trinajstić information content (AvgIpc) is 2.94. The SMILES string of the molecule is Cc1ccc2nc(SCc3nn[nH]n3)[nH]c2c1. The summed E-state index contributed by atoms with van der Waals surface area (Å²) in [6.45, 7) is 2.06. The van der Waals surface area contributed by atoms with Crippen LogP contribution >= 0.6 is 11.8 Å². The van der Waals surface area contributed by atoms with E-state index < -0.39 is 0 Å². The fourth-order valence-electron chi connectivity index (χ4n) is 1.54. The first-order valence-corrected chi connectivity index (χ1v) is 6.11. The lowest BCUT2D eigenvalue weighted by atomic mass is 10.2. The van der Waals surface area contributed by atoms with Gasteiger partial charge in [0.15, 0.2) is 11.0 Å². The van der Waals surface area contributed by atoms with E-state index in [0.717, 1.165) is 16.2 Å². The predicted molar refractivity (Wildman–Crippen MR) is 64.6 cm³/mol. The number of nitrogens with zero attached hydrogens (tertiary/aromatic N) is 4. The number of rotatable bonds is 3. The normalized spacial score (nSPS) is 11.1. The molecule has 0 bridgehead atoms. The first kappa shape index (κ1) is 10.3. The van der Waals surface area contributed by atoms with Gasteiger partial charge in [-0.3, -0.25) is 0 Å². The Morgan fingerprint density at radius 2 is 2.29 bits per heavy atom. The quantitative estimate of drug-likeness (QED) is 0.687. The van der Waals surface area contributed by atoms with Crippen molar-refractivity contribution in [3.63, 3.8) is 0 Å². The van der Waals surface area contributed by atoms with E-state index in [1.165, 1.54) is 5.56 Å². The number of hydrogen-bond acceptors (Lipinski definition) is 5. The van der Waals surface area contributed by atoms with E-state index in [1.807, 2.05) is 6.07 Å². The van der Waals surface area contributed by atoms with Crippen molar-refractivity contribution < 1.29 is 0 Å². The number of hydrogen-bond donors (Lipinski definition) is 2. The number of aromatic amines is 2. The van der Waals surface area contributed by atoms with Crippen LogP contribution in [-0.2, 0) is 5.75 Å². The minimum absolute atomic E-state index is 0.648. The van der Waals surface area contributed by atoms with Crippen molar-refractivity contribution in [3.05, 3.63) is 29.6 Å². The molecule has 0 amide bonds. The second-order valence-electron chi connectivity index (χ2n) is 3.68. The third kappa shape index (κ3) is 2.14. The Morgan fingerprint density at radius 3 is 3.12 bits per heavy atom. The van der Waals surface area contributed by atoms with Crippen LogP contribution in [0.3, 0.4) is 0 Å². The highest BCUT2D eigenvalue weighted by atomic mass is 32.2. The number of benzene rings is 1. The van der Waals surface area contributed by atoms with E-state index >= 15 is 0 Å². The molecule has 2 heterocycles. The monoisotopic (exact) mass is 246 g/mol. The molecular weight excluding hydrogens is 236 g/mol. The molecule has 0 aliphatic heterocycles. The maximum atomic E-state index is 4.47. The molecule has 0 saturated carbocycles. The summed E-state index contributed by atoms with van der Waals surface area (Å²) >= 11 is 1.56. The van der Waals surface area contributed by atoms with Gasteiger partial charge in [-0.25, -0.2) is 4.98 Å². The molecule has 2 N–H and O–H groups in total. The molecule has 6 nitrogen and oxygen atoms in total. The van der Waals surface area contributed by atoms with Gasteiger partial charge in [0, 0.05) is 0 Å². The molecular formula is C10H10N6S. The van der Waals surface area contributed by atoms with Crippen molar-refractivity contribution in [2.75, 3.05) is 0 Å². The molecule has 1 aromatic carbocycles. The number of fused-ring (bicyclic) bond motifs is 1. The van der Waals surface area contributed by atoms with Crippen LogP contribution in [0.4, 0.5) is 0 Å². The molecule has 3 rings (SSSR count). The Kier molecular flexibility index (Phi) is 2.52. The fraction of sp³-hybridized carbons (Fsp3) is 0.200. The molecule has 0 radical (unpaired) electrons. The van der Waals surface area contributed by atoms with Gasteiger partial charge in [0.1, 0.15) is 0 Å². The highest BCUT2D eigenvalue weighted by Crippen LogP contribution is 2.22. The van der Waals surface area contributed by atoms with Crippen LogP contribution in [0.25, 0.3) is 11.0 Å². The lowest BCUT2D eigenvalue weighted by molar-refractivity contribution is 0.881. The van der Waals surface area contributed by atoms with Gasteiger partial charge in [0.05, 0.1) is 16.8 Å². The molecule has 2 aromatic heterocycles. The topological polar surface area (TPSA) is 83.1 Å². The molecule has 86 valence electrons. The smallest absolute Gasteiger partial charge is 0.184 e. The first-order valence-electron chi connectivity index (χ1n) is 5.13. The van der Waals surface area contributed by atoms with Crippen LogP contribution < -0.4 is 0 Å². The zero-order valence-electron chi connectivity index (χ0n) is 9.14. The first-order chi connectivity index (χ1) is 8.31. The van der Waals surface area contributed by atoms with Crippen molar-refractivity contribution >= 4 is 22.8 Å². The minimum Gasteiger partial charge on any atom is -0.333 e. The third-order valence-corrected chi connectivity index (χ3v) is 3.21. The number of H-pyrrole nitrogens is 2. The lowest BCUT2D eigenvalue weighted by Crippen LogP contribution is -1.84. The Hall–Kier alpha value is -1.89. The van der Waals surface area contributed by atoms with Crippen molar-refractivity contribution in [2.45, 2.75) is 17.8 Å². The van der Waals surface area contributed by atoms with E-state index in [1.54, 1.807) is 11.8 Å². The Labute approximate surface area is 101 Å². The summed E-state index contributed by atoms with van der Waals surface area (Å²) in [5.41, 5.74) is 3.25. The molecule has 0 fully saturated rings. The summed E-state index contributed by atoms with van der Waals surface area (Å²) in [4.78, 5) is 7.74. The van der Waals surface area contributed by atoms with Crippen LogP contribution in [0.5, 0.6) is 0 Å².